The van der Waals surface area contributed by atoms with E-state index in [4.69, 9.17) is 4.74 Å². The first-order valence-electron chi connectivity index (χ1n) is 10.6. The Balaban J connectivity index is 1.54. The van der Waals surface area contributed by atoms with Crippen LogP contribution in [0, 0.1) is 0 Å². The van der Waals surface area contributed by atoms with Gasteiger partial charge in [-0.1, -0.05) is 48.5 Å². The number of ether oxygens (including phenoxy) is 1. The fourth-order valence-corrected chi connectivity index (χ4v) is 3.40. The molecule has 0 radical (unpaired) electrons. The maximum atomic E-state index is 13.1. The van der Waals surface area contributed by atoms with E-state index in [0.29, 0.717) is 30.5 Å². The van der Waals surface area contributed by atoms with Crippen molar-refractivity contribution in [1.29, 1.82) is 0 Å². The van der Waals surface area contributed by atoms with Crippen molar-refractivity contribution in [2.45, 2.75) is 13.0 Å². The van der Waals surface area contributed by atoms with E-state index >= 15 is 0 Å². The second-order valence-corrected chi connectivity index (χ2v) is 7.86. The first kappa shape index (κ1) is 21.5. The molecule has 0 bridgehead atoms. The molecule has 7 heteroatoms. The Kier molecular flexibility index (Phi) is 6.77. The number of aromatic nitrogens is 3. The van der Waals surface area contributed by atoms with Gasteiger partial charge in [0.2, 0.25) is 5.88 Å². The Morgan fingerprint density at radius 3 is 2.62 bits per heavy atom. The van der Waals surface area contributed by atoms with Crippen molar-refractivity contribution >= 4 is 22.6 Å². The number of pyridine rings is 1. The molecule has 4 rings (SSSR count). The monoisotopic (exact) mass is 429 g/mol. The summed E-state index contributed by atoms with van der Waals surface area (Å²) in [7, 11) is 4.05. The first-order valence-corrected chi connectivity index (χ1v) is 10.6. The molecule has 0 spiro atoms. The summed E-state index contributed by atoms with van der Waals surface area (Å²) in [4.78, 5) is 19.8. The number of hydrogen-bond acceptors (Lipinski definition) is 5. The molecule has 1 amide bonds. The molecule has 0 saturated heterocycles. The summed E-state index contributed by atoms with van der Waals surface area (Å²) in [5, 5.41) is 8.45. The lowest BCUT2D eigenvalue weighted by atomic mass is 10.2. The fraction of sp³-hybridized carbons (Fsp3) is 0.240. The number of benzene rings is 2. The average molecular weight is 430 g/mol. The predicted octanol–water partition coefficient (Wildman–Crippen LogP) is 4.06. The third-order valence-corrected chi connectivity index (χ3v) is 5.00. The minimum atomic E-state index is -0.278. The predicted molar refractivity (Wildman–Crippen MR) is 126 cm³/mol. The largest absolute Gasteiger partial charge is 0.477 e. The Bertz CT molecular complexity index is 1190. The van der Waals surface area contributed by atoms with Crippen molar-refractivity contribution in [2.24, 2.45) is 0 Å². The van der Waals surface area contributed by atoms with Gasteiger partial charge < -0.3 is 15.0 Å². The van der Waals surface area contributed by atoms with Crippen LogP contribution >= 0.6 is 0 Å². The number of fused-ring (bicyclic) bond motifs is 1. The highest BCUT2D eigenvalue weighted by atomic mass is 16.5. The van der Waals surface area contributed by atoms with Crippen LogP contribution in [0.25, 0.3) is 10.9 Å². The molecule has 0 fully saturated rings. The second kappa shape index (κ2) is 10.1. The lowest BCUT2D eigenvalue weighted by Gasteiger charge is -2.09. The number of carbonyl (C=O) groups is 1. The lowest BCUT2D eigenvalue weighted by Crippen LogP contribution is -2.19. The Hall–Kier alpha value is -3.71. The van der Waals surface area contributed by atoms with Gasteiger partial charge in [0.1, 0.15) is 11.5 Å². The molecular formula is C25H27N5O2. The van der Waals surface area contributed by atoms with E-state index in [0.717, 1.165) is 29.4 Å². The molecule has 0 aliphatic carbocycles. The van der Waals surface area contributed by atoms with E-state index in [1.54, 1.807) is 16.8 Å². The smallest absolute Gasteiger partial charge is 0.275 e. The Labute approximate surface area is 187 Å². The minimum absolute atomic E-state index is 0.278. The van der Waals surface area contributed by atoms with Gasteiger partial charge >= 0.3 is 0 Å². The van der Waals surface area contributed by atoms with Crippen LogP contribution in [-0.4, -0.2) is 52.8 Å². The summed E-state index contributed by atoms with van der Waals surface area (Å²) in [6.45, 7) is 1.93. The molecule has 2 heterocycles. The van der Waals surface area contributed by atoms with Crippen LogP contribution in [0.1, 0.15) is 22.5 Å². The summed E-state index contributed by atoms with van der Waals surface area (Å²) in [6.07, 6.45) is 0.876. The summed E-state index contributed by atoms with van der Waals surface area (Å²) in [5.74, 6) is 0.658. The summed E-state index contributed by atoms with van der Waals surface area (Å²) < 4.78 is 7.49. The summed E-state index contributed by atoms with van der Waals surface area (Å²) >= 11 is 0. The standard InChI is InChI=1S/C25H27N5O2/c1-29(2)15-8-16-32-24-17-22(30(28-24)18-19-9-4-3-5-10-19)25(31)27-23-14-13-20-11-6-7-12-21(20)26-23/h3-7,9-14,17H,8,15-16,18H2,1-2H3,(H,26,27,31). The molecule has 7 nitrogen and oxygen atoms in total. The maximum Gasteiger partial charge on any atom is 0.275 e. The molecule has 4 aromatic rings. The number of rotatable bonds is 9. The van der Waals surface area contributed by atoms with Crippen LogP contribution in [0.5, 0.6) is 5.88 Å². The third-order valence-electron chi connectivity index (χ3n) is 5.00. The van der Waals surface area contributed by atoms with E-state index in [2.05, 4.69) is 20.3 Å². The van der Waals surface area contributed by atoms with E-state index in [1.165, 1.54) is 0 Å². The Morgan fingerprint density at radius 2 is 1.81 bits per heavy atom. The van der Waals surface area contributed by atoms with E-state index in [1.807, 2.05) is 74.8 Å². The molecule has 2 aromatic heterocycles. The normalized spacial score (nSPS) is 11.1. The van der Waals surface area contributed by atoms with Gasteiger partial charge in [-0.2, -0.15) is 0 Å². The number of hydrogen-bond donors (Lipinski definition) is 1. The molecule has 1 N–H and O–H groups in total. The van der Waals surface area contributed by atoms with E-state index in [-0.39, 0.29) is 5.91 Å². The van der Waals surface area contributed by atoms with Crippen LogP contribution in [0.4, 0.5) is 5.82 Å². The molecular weight excluding hydrogens is 402 g/mol. The van der Waals surface area contributed by atoms with Crippen LogP contribution in [0.3, 0.4) is 0 Å². The average Bonchev–Trinajstić information content (AvgIpc) is 3.20. The van der Waals surface area contributed by atoms with Crippen molar-refractivity contribution < 1.29 is 9.53 Å². The number of para-hydroxylation sites is 1. The van der Waals surface area contributed by atoms with Crippen LogP contribution < -0.4 is 10.1 Å². The zero-order valence-corrected chi connectivity index (χ0v) is 18.4. The van der Waals surface area contributed by atoms with Crippen molar-refractivity contribution in [3.8, 4) is 5.88 Å². The number of nitrogens with zero attached hydrogens (tertiary/aromatic N) is 4. The van der Waals surface area contributed by atoms with Gasteiger partial charge in [-0.3, -0.25) is 9.48 Å². The molecule has 0 aliphatic rings. The van der Waals surface area contributed by atoms with Crippen LogP contribution in [0.2, 0.25) is 0 Å². The maximum absolute atomic E-state index is 13.1. The van der Waals surface area contributed by atoms with E-state index in [9.17, 15) is 4.79 Å². The zero-order valence-electron chi connectivity index (χ0n) is 18.4. The number of carbonyl (C=O) groups excluding carboxylic acids is 1. The molecule has 0 atom stereocenters. The van der Waals surface area contributed by atoms with Gasteiger partial charge in [0.15, 0.2) is 0 Å². The van der Waals surface area contributed by atoms with Gasteiger partial charge in [-0.15, -0.1) is 5.10 Å². The topological polar surface area (TPSA) is 72.3 Å². The zero-order chi connectivity index (χ0) is 22.3. The van der Waals surface area contributed by atoms with Gasteiger partial charge in [0.25, 0.3) is 5.91 Å². The molecule has 32 heavy (non-hydrogen) atoms. The summed E-state index contributed by atoms with van der Waals surface area (Å²) in [6, 6.07) is 23.1. The molecule has 164 valence electrons. The van der Waals surface area contributed by atoms with Gasteiger partial charge in [-0.05, 0) is 44.3 Å². The Morgan fingerprint density at radius 1 is 1.03 bits per heavy atom. The number of amides is 1. The lowest BCUT2D eigenvalue weighted by molar-refractivity contribution is 0.101. The quantitative estimate of drug-likeness (QED) is 0.406. The van der Waals surface area contributed by atoms with Crippen LogP contribution in [-0.2, 0) is 6.54 Å². The molecule has 0 aliphatic heterocycles. The van der Waals surface area contributed by atoms with Gasteiger partial charge in [0.05, 0.1) is 18.7 Å². The second-order valence-electron chi connectivity index (χ2n) is 7.86. The van der Waals surface area contributed by atoms with Crippen molar-refractivity contribution in [2.75, 3.05) is 32.6 Å². The van der Waals surface area contributed by atoms with E-state index < -0.39 is 0 Å². The SMILES string of the molecule is CN(C)CCCOc1cc(C(=O)Nc2ccc3ccccc3n2)n(Cc2ccccc2)n1. The van der Waals surface area contributed by atoms with Crippen molar-refractivity contribution in [1.82, 2.24) is 19.7 Å². The van der Waals surface area contributed by atoms with Crippen molar-refractivity contribution in [3.05, 3.63) is 84.1 Å². The number of nitrogens with one attached hydrogen (secondary N) is 1. The number of anilines is 1. The third kappa shape index (κ3) is 5.50. The highest BCUT2D eigenvalue weighted by Crippen LogP contribution is 2.18. The van der Waals surface area contributed by atoms with Gasteiger partial charge in [-0.25, -0.2) is 4.98 Å². The molecule has 0 saturated carbocycles. The summed E-state index contributed by atoms with van der Waals surface area (Å²) in [5.41, 5.74) is 2.30. The fourth-order valence-electron chi connectivity index (χ4n) is 3.40. The van der Waals surface area contributed by atoms with Crippen LogP contribution in [0.15, 0.2) is 72.8 Å². The molecule has 2 aromatic carbocycles. The van der Waals surface area contributed by atoms with Gasteiger partial charge in [0, 0.05) is 18.0 Å². The van der Waals surface area contributed by atoms with Crippen molar-refractivity contribution in [3.63, 3.8) is 0 Å². The highest BCUT2D eigenvalue weighted by Gasteiger charge is 2.17. The highest BCUT2D eigenvalue weighted by molar-refractivity contribution is 6.03. The first-order chi connectivity index (χ1) is 15.6. The minimum Gasteiger partial charge on any atom is -0.477 e. The molecule has 0 unspecified atom stereocenters.